The number of carbonyl (C=O) groups is 2. The first-order valence-electron chi connectivity index (χ1n) is 6.18. The normalized spacial score (nSPS) is 32.9. The highest BCUT2D eigenvalue weighted by molar-refractivity contribution is 6.17. The maximum Gasteiger partial charge on any atom is 0.193 e. The lowest BCUT2D eigenvalue weighted by molar-refractivity contribution is 0.0297. The van der Waals surface area contributed by atoms with E-state index in [1.165, 1.54) is 0 Å². The van der Waals surface area contributed by atoms with E-state index < -0.39 is 24.2 Å². The average molecular weight is 258 g/mol. The molecule has 1 N–H and O–H groups in total. The van der Waals surface area contributed by atoms with E-state index in [2.05, 4.69) is 6.58 Å². The van der Waals surface area contributed by atoms with Gasteiger partial charge in [-0.15, -0.1) is 0 Å². The Labute approximate surface area is 110 Å². The quantitative estimate of drug-likeness (QED) is 0.773. The number of rotatable bonds is 1. The molecule has 0 saturated carbocycles. The van der Waals surface area contributed by atoms with Crippen molar-refractivity contribution in [1.29, 1.82) is 0 Å². The van der Waals surface area contributed by atoms with Gasteiger partial charge in [0, 0.05) is 11.1 Å². The highest BCUT2D eigenvalue weighted by atomic mass is 16.5. The molecule has 0 spiro atoms. The van der Waals surface area contributed by atoms with Gasteiger partial charge in [-0.05, 0) is 12.5 Å². The summed E-state index contributed by atoms with van der Waals surface area (Å²) >= 11 is 0. The van der Waals surface area contributed by atoms with Crippen LogP contribution in [0, 0.1) is 5.92 Å². The summed E-state index contributed by atoms with van der Waals surface area (Å²) in [6.07, 6.45) is -2.55. The number of hydrogen-bond donors (Lipinski definition) is 1. The Morgan fingerprint density at radius 3 is 2.37 bits per heavy atom. The molecule has 4 atom stereocenters. The fraction of sp³-hybridized carbons (Fsp3) is 0.333. The zero-order valence-electron chi connectivity index (χ0n) is 10.5. The molecule has 19 heavy (non-hydrogen) atoms. The van der Waals surface area contributed by atoms with Gasteiger partial charge < -0.3 is 9.84 Å². The summed E-state index contributed by atoms with van der Waals surface area (Å²) in [7, 11) is 0. The number of benzene rings is 1. The van der Waals surface area contributed by atoms with Crippen molar-refractivity contribution >= 4 is 11.6 Å². The molecule has 0 aromatic heterocycles. The lowest BCUT2D eigenvalue weighted by atomic mass is 9.77. The third-order valence-corrected chi connectivity index (χ3v) is 3.80. The maximum absolute atomic E-state index is 12.4. The van der Waals surface area contributed by atoms with E-state index >= 15 is 0 Å². The predicted molar refractivity (Wildman–Crippen MR) is 68.1 cm³/mol. The van der Waals surface area contributed by atoms with Crippen LogP contribution in [0.3, 0.4) is 0 Å². The number of ketones is 2. The summed E-state index contributed by atoms with van der Waals surface area (Å²) in [6, 6.07) is 6.66. The van der Waals surface area contributed by atoms with Crippen LogP contribution in [-0.2, 0) is 4.74 Å². The highest BCUT2D eigenvalue weighted by Gasteiger charge is 2.54. The topological polar surface area (TPSA) is 63.6 Å². The third kappa shape index (κ3) is 1.60. The minimum atomic E-state index is -1.01. The van der Waals surface area contributed by atoms with Crippen molar-refractivity contribution in [1.82, 2.24) is 0 Å². The van der Waals surface area contributed by atoms with E-state index in [-0.39, 0.29) is 11.6 Å². The van der Waals surface area contributed by atoms with Crippen LogP contribution >= 0.6 is 0 Å². The molecule has 1 aromatic carbocycles. The van der Waals surface area contributed by atoms with E-state index in [9.17, 15) is 14.7 Å². The van der Waals surface area contributed by atoms with Crippen LogP contribution in [0.25, 0.3) is 0 Å². The van der Waals surface area contributed by atoms with Gasteiger partial charge in [0.2, 0.25) is 0 Å². The van der Waals surface area contributed by atoms with Crippen LogP contribution in [0.4, 0.5) is 0 Å². The standard InChI is InChI=1S/C15H14O4/c1-7(2)14-13(18)10-11(16)8-5-3-4-6-9(8)12(17)15(10)19-14/h3-6,10,13-15,18H,1H2,2H3. The maximum atomic E-state index is 12.4. The van der Waals surface area contributed by atoms with Gasteiger partial charge in [0.15, 0.2) is 11.6 Å². The number of aliphatic hydroxyl groups excluding tert-OH is 1. The molecule has 0 amide bonds. The summed E-state index contributed by atoms with van der Waals surface area (Å²) in [5.74, 6) is -1.27. The van der Waals surface area contributed by atoms with E-state index in [1.807, 2.05) is 0 Å². The largest absolute Gasteiger partial charge is 0.389 e. The molecule has 4 unspecified atom stereocenters. The Kier molecular flexibility index (Phi) is 2.66. The van der Waals surface area contributed by atoms with E-state index in [0.717, 1.165) is 0 Å². The van der Waals surface area contributed by atoms with Gasteiger partial charge in [0.1, 0.15) is 12.2 Å². The number of fused-ring (bicyclic) bond motifs is 2. The Balaban J connectivity index is 2.09. The second-order valence-electron chi connectivity index (χ2n) is 5.11. The number of ether oxygens (including phenoxy) is 1. The van der Waals surface area contributed by atoms with Gasteiger partial charge in [-0.3, -0.25) is 9.59 Å². The Bertz CT molecular complexity index is 590. The summed E-state index contributed by atoms with van der Waals surface area (Å²) in [4.78, 5) is 24.7. The van der Waals surface area contributed by atoms with E-state index in [0.29, 0.717) is 16.7 Å². The third-order valence-electron chi connectivity index (χ3n) is 3.80. The monoisotopic (exact) mass is 258 g/mol. The first-order chi connectivity index (χ1) is 9.02. The van der Waals surface area contributed by atoms with E-state index in [4.69, 9.17) is 4.74 Å². The molecule has 1 aromatic rings. The zero-order chi connectivity index (χ0) is 13.7. The molecule has 1 heterocycles. The molecule has 0 radical (unpaired) electrons. The Hall–Kier alpha value is -1.78. The van der Waals surface area contributed by atoms with Gasteiger partial charge in [-0.25, -0.2) is 0 Å². The van der Waals surface area contributed by atoms with Crippen LogP contribution in [0.5, 0.6) is 0 Å². The fourth-order valence-electron chi connectivity index (χ4n) is 2.86. The molecule has 2 aliphatic rings. The first kappa shape index (κ1) is 12.3. The SMILES string of the molecule is C=C(C)C1OC2C(=O)c3ccccc3C(=O)C2C1O. The average Bonchev–Trinajstić information content (AvgIpc) is 2.74. The van der Waals surface area contributed by atoms with Gasteiger partial charge in [-0.1, -0.05) is 30.8 Å². The number of hydrogen-bond acceptors (Lipinski definition) is 4. The Morgan fingerprint density at radius 2 is 1.79 bits per heavy atom. The molecule has 1 aliphatic carbocycles. The van der Waals surface area contributed by atoms with Crippen LogP contribution in [0.15, 0.2) is 36.4 Å². The van der Waals surface area contributed by atoms with E-state index in [1.54, 1.807) is 31.2 Å². The number of Topliss-reactive ketones (excluding diaryl/α,β-unsaturated/α-hetero) is 2. The Morgan fingerprint density at radius 1 is 1.21 bits per heavy atom. The molecule has 1 aliphatic heterocycles. The second-order valence-corrected chi connectivity index (χ2v) is 5.11. The minimum Gasteiger partial charge on any atom is -0.389 e. The van der Waals surface area contributed by atoms with Gasteiger partial charge >= 0.3 is 0 Å². The van der Waals surface area contributed by atoms with Crippen molar-refractivity contribution in [2.24, 2.45) is 5.92 Å². The smallest absolute Gasteiger partial charge is 0.193 e. The van der Waals surface area contributed by atoms with Crippen molar-refractivity contribution < 1.29 is 19.4 Å². The first-order valence-corrected chi connectivity index (χ1v) is 6.18. The molecule has 1 fully saturated rings. The molecule has 0 bridgehead atoms. The predicted octanol–water partition coefficient (Wildman–Crippen LogP) is 1.39. The van der Waals surface area contributed by atoms with Crippen molar-refractivity contribution in [2.45, 2.75) is 25.2 Å². The van der Waals surface area contributed by atoms with Crippen LogP contribution in [0.2, 0.25) is 0 Å². The van der Waals surface area contributed by atoms with Crippen molar-refractivity contribution in [3.8, 4) is 0 Å². The van der Waals surface area contributed by atoms with Crippen LogP contribution < -0.4 is 0 Å². The molecule has 98 valence electrons. The van der Waals surface area contributed by atoms with Crippen molar-refractivity contribution in [3.63, 3.8) is 0 Å². The van der Waals surface area contributed by atoms with Crippen LogP contribution in [-0.4, -0.2) is 35.0 Å². The lowest BCUT2D eigenvalue weighted by Crippen LogP contribution is -2.42. The summed E-state index contributed by atoms with van der Waals surface area (Å²) < 4.78 is 5.56. The van der Waals surface area contributed by atoms with Gasteiger partial charge in [0.05, 0.1) is 12.0 Å². The molecule has 1 saturated heterocycles. The molecule has 4 nitrogen and oxygen atoms in total. The lowest BCUT2D eigenvalue weighted by Gasteiger charge is -2.24. The minimum absolute atomic E-state index is 0.226. The second kappa shape index (κ2) is 4.11. The fourth-order valence-corrected chi connectivity index (χ4v) is 2.86. The summed E-state index contributed by atoms with van der Waals surface area (Å²) in [5.41, 5.74) is 1.37. The molecule has 4 heteroatoms. The molecular weight excluding hydrogens is 244 g/mol. The number of aliphatic hydroxyl groups is 1. The van der Waals surface area contributed by atoms with Crippen LogP contribution in [0.1, 0.15) is 27.6 Å². The van der Waals surface area contributed by atoms with Gasteiger partial charge in [-0.2, -0.15) is 0 Å². The summed E-state index contributed by atoms with van der Waals surface area (Å²) in [6.45, 7) is 5.45. The van der Waals surface area contributed by atoms with Crippen molar-refractivity contribution in [3.05, 3.63) is 47.5 Å². The highest BCUT2D eigenvalue weighted by Crippen LogP contribution is 2.38. The molecule has 3 rings (SSSR count). The van der Waals surface area contributed by atoms with Gasteiger partial charge in [0.25, 0.3) is 0 Å². The number of carbonyl (C=O) groups excluding carboxylic acids is 2. The van der Waals surface area contributed by atoms with Crippen molar-refractivity contribution in [2.75, 3.05) is 0 Å². The zero-order valence-corrected chi connectivity index (χ0v) is 10.5. The molecular formula is C15H14O4. The summed E-state index contributed by atoms with van der Waals surface area (Å²) in [5, 5.41) is 10.2.